The molecular weight excluding hydrogens is 340 g/mol. The number of aromatic nitrogens is 1. The maximum Gasteiger partial charge on any atom is 0.340 e. The number of carbonyl (C=O) groups is 1. The van der Waals surface area contributed by atoms with Gasteiger partial charge in [-0.25, -0.2) is 4.79 Å². The van der Waals surface area contributed by atoms with Crippen LogP contribution in [-0.4, -0.2) is 24.7 Å². The summed E-state index contributed by atoms with van der Waals surface area (Å²) in [6.07, 6.45) is 0. The summed E-state index contributed by atoms with van der Waals surface area (Å²) in [5.74, 6) is -0.499. The zero-order valence-electron chi connectivity index (χ0n) is 15.9. The quantitative estimate of drug-likeness (QED) is 0.409. The van der Waals surface area contributed by atoms with Crippen LogP contribution in [0.15, 0.2) is 58.8 Å². The van der Waals surface area contributed by atoms with Crippen LogP contribution in [0.4, 0.5) is 11.4 Å². The van der Waals surface area contributed by atoms with E-state index in [1.165, 1.54) is 25.5 Å². The van der Waals surface area contributed by atoms with Crippen molar-refractivity contribution in [1.82, 2.24) is 4.57 Å². The van der Waals surface area contributed by atoms with Crippen LogP contribution >= 0.6 is 0 Å². The summed E-state index contributed by atoms with van der Waals surface area (Å²) < 4.78 is 7.05. The molecule has 0 saturated carbocycles. The molecule has 0 radical (unpaired) electrons. The van der Waals surface area contributed by atoms with E-state index in [0.29, 0.717) is 16.9 Å². The van der Waals surface area contributed by atoms with Crippen LogP contribution < -0.4 is 5.73 Å². The monoisotopic (exact) mass is 362 g/mol. The lowest BCUT2D eigenvalue weighted by Crippen LogP contribution is -2.04. The van der Waals surface area contributed by atoms with Crippen LogP contribution in [0.25, 0.3) is 16.8 Å². The summed E-state index contributed by atoms with van der Waals surface area (Å²) in [5, 5.41) is 7.71. The summed E-state index contributed by atoms with van der Waals surface area (Å²) >= 11 is 0. The largest absolute Gasteiger partial charge is 0.465 e. The second kappa shape index (κ2) is 7.45. The van der Waals surface area contributed by atoms with E-state index in [4.69, 9.17) is 10.5 Å². The number of aryl methyl sites for hydroxylation is 2. The van der Waals surface area contributed by atoms with Gasteiger partial charge in [0.2, 0.25) is 0 Å². The number of nitrogens with two attached hydrogens (primary N) is 1. The van der Waals surface area contributed by atoms with Gasteiger partial charge in [0.1, 0.15) is 5.69 Å². The van der Waals surface area contributed by atoms with Gasteiger partial charge in [0.15, 0.2) is 0 Å². The van der Waals surface area contributed by atoms with E-state index in [9.17, 15) is 4.79 Å². The number of carbonyl (C=O) groups excluding carboxylic acids is 1. The van der Waals surface area contributed by atoms with Gasteiger partial charge in [-0.2, -0.15) is 10.2 Å². The highest BCUT2D eigenvalue weighted by Crippen LogP contribution is 2.34. The van der Waals surface area contributed by atoms with Crippen LogP contribution in [0.2, 0.25) is 0 Å². The second-order valence-corrected chi connectivity index (χ2v) is 6.25. The Balaban J connectivity index is 2.06. The molecular formula is C21H22N4O2. The average Bonchev–Trinajstić information content (AvgIpc) is 3.01. The molecule has 0 unspecified atom stereocenters. The Kier molecular flexibility index (Phi) is 5.07. The molecule has 0 aliphatic rings. The van der Waals surface area contributed by atoms with E-state index < -0.39 is 5.97 Å². The maximum absolute atomic E-state index is 12.1. The van der Waals surface area contributed by atoms with Gasteiger partial charge >= 0.3 is 5.97 Å². The molecule has 0 saturated heterocycles. The fraction of sp³-hybridized carbons (Fsp3) is 0.190. The maximum atomic E-state index is 12.1. The number of rotatable bonds is 4. The van der Waals surface area contributed by atoms with Crippen molar-refractivity contribution in [3.63, 3.8) is 0 Å². The Morgan fingerprint density at radius 1 is 1.00 bits per heavy atom. The van der Waals surface area contributed by atoms with E-state index in [-0.39, 0.29) is 0 Å². The van der Waals surface area contributed by atoms with Crippen LogP contribution in [0, 0.1) is 13.8 Å². The topological polar surface area (TPSA) is 82.0 Å². The van der Waals surface area contributed by atoms with Gasteiger partial charge in [0.25, 0.3) is 0 Å². The Morgan fingerprint density at radius 3 is 2.19 bits per heavy atom. The van der Waals surface area contributed by atoms with E-state index in [1.54, 1.807) is 12.1 Å². The minimum atomic E-state index is -0.499. The van der Waals surface area contributed by atoms with E-state index in [1.807, 2.05) is 24.3 Å². The third-order valence-corrected chi connectivity index (χ3v) is 4.47. The van der Waals surface area contributed by atoms with Crippen molar-refractivity contribution in [2.45, 2.75) is 13.8 Å². The molecule has 0 bridgehead atoms. The molecule has 0 aliphatic heterocycles. The third-order valence-electron chi connectivity index (χ3n) is 4.47. The minimum Gasteiger partial charge on any atom is -0.465 e. The van der Waals surface area contributed by atoms with Crippen molar-refractivity contribution in [1.29, 1.82) is 0 Å². The Labute approximate surface area is 158 Å². The molecule has 0 atom stereocenters. The van der Waals surface area contributed by atoms with Crippen molar-refractivity contribution < 1.29 is 9.53 Å². The molecule has 2 N–H and O–H groups in total. The molecule has 0 aliphatic carbocycles. The fourth-order valence-electron chi connectivity index (χ4n) is 3.18. The summed E-state index contributed by atoms with van der Waals surface area (Å²) in [6, 6.07) is 15.8. The highest BCUT2D eigenvalue weighted by molar-refractivity contribution is 5.99. The lowest BCUT2D eigenvalue weighted by Gasteiger charge is -2.12. The Bertz CT molecular complexity index is 998. The number of benzene rings is 2. The fourth-order valence-corrected chi connectivity index (χ4v) is 3.18. The molecule has 0 amide bonds. The molecule has 3 aromatic rings. The SMILES string of the molecule is CN=Nc1c(N)cc(-c2ccc(-n3c(C)ccc3C)cc2)cc1C(=O)OC. The number of anilines is 1. The first-order chi connectivity index (χ1) is 13.0. The standard InChI is InChI=1S/C21H22N4O2/c1-13-5-6-14(2)25(13)17-9-7-15(8-10-17)16-11-18(21(26)27-4)20(24-23-3)19(22)12-16/h5-12H,22H2,1-4H3. The zero-order chi connectivity index (χ0) is 19.6. The van der Waals surface area contributed by atoms with Gasteiger partial charge < -0.3 is 15.0 Å². The van der Waals surface area contributed by atoms with Crippen molar-refractivity contribution in [3.8, 4) is 16.8 Å². The number of hydrogen-bond acceptors (Lipinski definition) is 5. The number of esters is 1. The van der Waals surface area contributed by atoms with Crippen LogP contribution in [0.5, 0.6) is 0 Å². The number of ether oxygens (including phenoxy) is 1. The van der Waals surface area contributed by atoms with Crippen LogP contribution in [-0.2, 0) is 4.74 Å². The van der Waals surface area contributed by atoms with Crippen molar-refractivity contribution >= 4 is 17.3 Å². The molecule has 6 nitrogen and oxygen atoms in total. The van der Waals surface area contributed by atoms with Gasteiger partial charge in [-0.1, -0.05) is 12.1 Å². The van der Waals surface area contributed by atoms with E-state index >= 15 is 0 Å². The molecule has 0 fully saturated rings. The normalized spacial score (nSPS) is 11.1. The van der Waals surface area contributed by atoms with Crippen molar-refractivity contribution in [3.05, 3.63) is 65.5 Å². The Morgan fingerprint density at radius 2 is 1.63 bits per heavy atom. The smallest absolute Gasteiger partial charge is 0.340 e. The summed E-state index contributed by atoms with van der Waals surface area (Å²) in [5.41, 5.74) is 12.3. The molecule has 6 heteroatoms. The predicted octanol–water partition coefficient (Wildman–Crippen LogP) is 4.84. The highest BCUT2D eigenvalue weighted by atomic mass is 16.5. The number of methoxy groups -OCH3 is 1. The Hall–Kier alpha value is -3.41. The number of nitrogens with zero attached hydrogens (tertiary/aromatic N) is 3. The summed E-state index contributed by atoms with van der Waals surface area (Å²) in [7, 11) is 2.85. The average molecular weight is 362 g/mol. The molecule has 2 aromatic carbocycles. The number of hydrogen-bond donors (Lipinski definition) is 1. The minimum absolute atomic E-state index is 0.291. The van der Waals surface area contributed by atoms with Crippen molar-refractivity contribution in [2.75, 3.05) is 19.9 Å². The van der Waals surface area contributed by atoms with E-state index in [0.717, 1.165) is 16.8 Å². The van der Waals surface area contributed by atoms with Gasteiger partial charge in [-0.05, 0) is 61.4 Å². The molecule has 0 spiro atoms. The number of azo groups is 1. The molecule has 1 heterocycles. The molecule has 3 rings (SSSR count). The van der Waals surface area contributed by atoms with Gasteiger partial charge in [-0.3, -0.25) is 0 Å². The summed E-state index contributed by atoms with van der Waals surface area (Å²) in [6.45, 7) is 4.15. The third kappa shape index (κ3) is 3.46. The molecule has 1 aromatic heterocycles. The van der Waals surface area contributed by atoms with Crippen LogP contribution in [0.1, 0.15) is 21.7 Å². The van der Waals surface area contributed by atoms with Gasteiger partial charge in [0.05, 0.1) is 18.4 Å². The first-order valence-corrected chi connectivity index (χ1v) is 8.53. The lowest BCUT2D eigenvalue weighted by molar-refractivity contribution is 0.0601. The van der Waals surface area contributed by atoms with Crippen molar-refractivity contribution in [2.24, 2.45) is 10.2 Å². The van der Waals surface area contributed by atoms with E-state index in [2.05, 4.69) is 40.8 Å². The first kappa shape index (κ1) is 18.4. The molecule has 27 heavy (non-hydrogen) atoms. The van der Waals surface area contributed by atoms with Gasteiger partial charge in [0, 0.05) is 24.1 Å². The highest BCUT2D eigenvalue weighted by Gasteiger charge is 2.17. The van der Waals surface area contributed by atoms with Crippen LogP contribution in [0.3, 0.4) is 0 Å². The predicted molar refractivity (Wildman–Crippen MR) is 107 cm³/mol. The lowest BCUT2D eigenvalue weighted by atomic mass is 10.00. The second-order valence-electron chi connectivity index (χ2n) is 6.25. The molecule has 138 valence electrons. The van der Waals surface area contributed by atoms with Gasteiger partial charge in [-0.15, -0.1) is 0 Å². The summed E-state index contributed by atoms with van der Waals surface area (Å²) in [4.78, 5) is 12.1. The zero-order valence-corrected chi connectivity index (χ0v) is 15.9. The number of nitrogen functional groups attached to an aromatic ring is 1. The first-order valence-electron chi connectivity index (χ1n) is 8.53.